The minimum absolute atomic E-state index is 0.0917. The zero-order valence-corrected chi connectivity index (χ0v) is 16.7. The number of halogens is 2. The topological polar surface area (TPSA) is 94.1 Å². The van der Waals surface area contributed by atoms with Gasteiger partial charge in [0.2, 0.25) is 0 Å². The average Bonchev–Trinajstić information content (AvgIpc) is 2.67. The van der Waals surface area contributed by atoms with E-state index in [9.17, 15) is 5.26 Å². The van der Waals surface area contributed by atoms with Crippen LogP contribution in [-0.4, -0.2) is 24.2 Å². The molecule has 2 aromatic carbocycles. The van der Waals surface area contributed by atoms with E-state index in [-0.39, 0.29) is 11.4 Å². The molecule has 0 aliphatic carbocycles. The molecule has 6 nitrogen and oxygen atoms in total. The van der Waals surface area contributed by atoms with Crippen molar-refractivity contribution in [2.45, 2.75) is 6.42 Å². The second-order valence-corrected chi connectivity index (χ2v) is 6.69. The molecule has 3 aromatic rings. The van der Waals surface area contributed by atoms with Crippen molar-refractivity contribution >= 4 is 29.0 Å². The van der Waals surface area contributed by atoms with Gasteiger partial charge in [-0.05, 0) is 35.9 Å². The standard InChI is InChI=1S/C20H16Cl2N4O2/c1-27-16-6-3-11(7-17(16)28-2)8-18-25-19(14(10-23)20(24)26-18)13-5-4-12(21)9-15(13)22/h3-7,9H,8H2,1-2H3,(H2,24,25,26). The van der Waals surface area contributed by atoms with Crippen LogP contribution in [-0.2, 0) is 6.42 Å². The van der Waals surface area contributed by atoms with E-state index in [0.29, 0.717) is 45.0 Å². The molecule has 3 rings (SSSR count). The van der Waals surface area contributed by atoms with Crippen LogP contribution in [0, 0.1) is 11.3 Å². The number of methoxy groups -OCH3 is 2. The van der Waals surface area contributed by atoms with Crippen molar-refractivity contribution in [1.82, 2.24) is 9.97 Å². The molecule has 0 fully saturated rings. The van der Waals surface area contributed by atoms with E-state index < -0.39 is 0 Å². The molecular weight excluding hydrogens is 399 g/mol. The quantitative estimate of drug-likeness (QED) is 0.659. The second-order valence-electron chi connectivity index (χ2n) is 5.85. The van der Waals surface area contributed by atoms with Gasteiger partial charge in [0.05, 0.1) is 24.9 Å². The summed E-state index contributed by atoms with van der Waals surface area (Å²) in [6, 6.07) is 12.5. The number of hydrogen-bond acceptors (Lipinski definition) is 6. The van der Waals surface area contributed by atoms with Gasteiger partial charge in [-0.25, -0.2) is 9.97 Å². The molecule has 0 atom stereocenters. The summed E-state index contributed by atoms with van der Waals surface area (Å²) >= 11 is 12.3. The fraction of sp³-hybridized carbons (Fsp3) is 0.150. The summed E-state index contributed by atoms with van der Waals surface area (Å²) in [5.74, 6) is 1.77. The monoisotopic (exact) mass is 414 g/mol. The van der Waals surface area contributed by atoms with Gasteiger partial charge in [-0.2, -0.15) is 5.26 Å². The maximum atomic E-state index is 9.50. The number of nitriles is 1. The van der Waals surface area contributed by atoms with Gasteiger partial charge in [-0.15, -0.1) is 0 Å². The first-order valence-electron chi connectivity index (χ1n) is 8.19. The predicted molar refractivity (Wildman–Crippen MR) is 109 cm³/mol. The van der Waals surface area contributed by atoms with E-state index in [0.717, 1.165) is 5.56 Å². The summed E-state index contributed by atoms with van der Waals surface area (Å²) < 4.78 is 10.6. The van der Waals surface area contributed by atoms with E-state index in [1.54, 1.807) is 38.5 Å². The maximum Gasteiger partial charge on any atom is 0.161 e. The average molecular weight is 415 g/mol. The van der Waals surface area contributed by atoms with Crippen LogP contribution >= 0.6 is 23.2 Å². The summed E-state index contributed by atoms with van der Waals surface area (Å²) in [5, 5.41) is 10.4. The van der Waals surface area contributed by atoms with Crippen molar-refractivity contribution in [2.24, 2.45) is 0 Å². The van der Waals surface area contributed by atoms with Crippen molar-refractivity contribution in [3.05, 3.63) is 63.4 Å². The van der Waals surface area contributed by atoms with Gasteiger partial charge in [0.15, 0.2) is 11.5 Å². The van der Waals surface area contributed by atoms with Crippen molar-refractivity contribution in [2.75, 3.05) is 20.0 Å². The molecule has 0 saturated carbocycles. The smallest absolute Gasteiger partial charge is 0.161 e. The zero-order chi connectivity index (χ0) is 20.3. The first-order chi connectivity index (χ1) is 13.5. The molecule has 0 unspecified atom stereocenters. The lowest BCUT2D eigenvalue weighted by Crippen LogP contribution is -2.06. The van der Waals surface area contributed by atoms with Gasteiger partial charge >= 0.3 is 0 Å². The lowest BCUT2D eigenvalue weighted by Gasteiger charge is -2.12. The van der Waals surface area contributed by atoms with E-state index >= 15 is 0 Å². The Morgan fingerprint density at radius 1 is 1.04 bits per heavy atom. The highest BCUT2D eigenvalue weighted by Crippen LogP contribution is 2.33. The van der Waals surface area contributed by atoms with Gasteiger partial charge in [-0.1, -0.05) is 29.3 Å². The number of aromatic nitrogens is 2. The predicted octanol–water partition coefficient (Wildman–Crippen LogP) is 4.51. The number of anilines is 1. The van der Waals surface area contributed by atoms with Crippen LogP contribution in [0.25, 0.3) is 11.3 Å². The Morgan fingerprint density at radius 3 is 2.43 bits per heavy atom. The van der Waals surface area contributed by atoms with Gasteiger partial charge < -0.3 is 15.2 Å². The van der Waals surface area contributed by atoms with Gasteiger partial charge in [-0.3, -0.25) is 0 Å². The number of rotatable bonds is 5. The van der Waals surface area contributed by atoms with Gasteiger partial charge in [0.25, 0.3) is 0 Å². The van der Waals surface area contributed by atoms with Crippen molar-refractivity contribution in [3.8, 4) is 28.8 Å². The number of nitrogens with zero attached hydrogens (tertiary/aromatic N) is 3. The molecule has 0 aliphatic rings. The molecule has 1 aromatic heterocycles. The summed E-state index contributed by atoms with van der Waals surface area (Å²) in [6.07, 6.45) is 0.383. The molecule has 28 heavy (non-hydrogen) atoms. The third-order valence-electron chi connectivity index (χ3n) is 4.09. The summed E-state index contributed by atoms with van der Waals surface area (Å²) in [7, 11) is 3.14. The Kier molecular flexibility index (Phi) is 5.88. The lowest BCUT2D eigenvalue weighted by atomic mass is 10.1. The summed E-state index contributed by atoms with van der Waals surface area (Å²) in [4.78, 5) is 8.82. The van der Waals surface area contributed by atoms with Crippen molar-refractivity contribution in [3.63, 3.8) is 0 Å². The first-order valence-corrected chi connectivity index (χ1v) is 8.95. The summed E-state index contributed by atoms with van der Waals surface area (Å²) in [6.45, 7) is 0. The molecule has 0 spiro atoms. The lowest BCUT2D eigenvalue weighted by molar-refractivity contribution is 0.354. The first kappa shape index (κ1) is 19.7. The molecule has 142 valence electrons. The number of nitrogen functional groups attached to an aromatic ring is 1. The Bertz CT molecular complexity index is 1080. The highest BCUT2D eigenvalue weighted by molar-refractivity contribution is 6.36. The van der Waals surface area contributed by atoms with E-state index in [2.05, 4.69) is 16.0 Å². The van der Waals surface area contributed by atoms with Crippen molar-refractivity contribution in [1.29, 1.82) is 5.26 Å². The van der Waals surface area contributed by atoms with E-state index in [1.807, 2.05) is 12.1 Å². The SMILES string of the molecule is COc1ccc(Cc2nc(N)c(C#N)c(-c3ccc(Cl)cc3Cl)n2)cc1OC. The van der Waals surface area contributed by atoms with E-state index in [4.69, 9.17) is 38.4 Å². The van der Waals surface area contributed by atoms with Crippen LogP contribution in [0.3, 0.4) is 0 Å². The highest BCUT2D eigenvalue weighted by Gasteiger charge is 2.17. The Morgan fingerprint density at radius 2 is 1.79 bits per heavy atom. The number of benzene rings is 2. The molecule has 2 N–H and O–H groups in total. The number of ether oxygens (including phenoxy) is 2. The van der Waals surface area contributed by atoms with Crippen LogP contribution in [0.4, 0.5) is 5.82 Å². The Labute approximate surface area is 172 Å². The molecule has 8 heteroatoms. The highest BCUT2D eigenvalue weighted by atomic mass is 35.5. The summed E-state index contributed by atoms with van der Waals surface area (Å²) in [5.41, 5.74) is 8.01. The molecule has 0 aliphatic heterocycles. The fourth-order valence-corrected chi connectivity index (χ4v) is 3.26. The second kappa shape index (κ2) is 8.34. The number of nitrogens with two attached hydrogens (primary N) is 1. The fourth-order valence-electron chi connectivity index (χ4n) is 2.77. The normalized spacial score (nSPS) is 10.4. The van der Waals surface area contributed by atoms with E-state index in [1.165, 1.54) is 0 Å². The minimum Gasteiger partial charge on any atom is -0.493 e. The van der Waals surface area contributed by atoms with Crippen LogP contribution in [0.2, 0.25) is 10.0 Å². The minimum atomic E-state index is 0.0917. The molecule has 0 bridgehead atoms. The van der Waals surface area contributed by atoms with Crippen LogP contribution in [0.5, 0.6) is 11.5 Å². The maximum absolute atomic E-state index is 9.50. The van der Waals surface area contributed by atoms with Crippen molar-refractivity contribution < 1.29 is 9.47 Å². The molecular formula is C20H16Cl2N4O2. The zero-order valence-electron chi connectivity index (χ0n) is 15.2. The number of hydrogen-bond donors (Lipinski definition) is 1. The van der Waals surface area contributed by atoms with Crippen LogP contribution < -0.4 is 15.2 Å². The molecule has 0 saturated heterocycles. The van der Waals surface area contributed by atoms with Crippen LogP contribution in [0.15, 0.2) is 36.4 Å². The molecule has 0 radical (unpaired) electrons. The Hall–Kier alpha value is -3.01. The molecule has 1 heterocycles. The van der Waals surface area contributed by atoms with Gasteiger partial charge in [0.1, 0.15) is 23.3 Å². The Balaban J connectivity index is 2.06. The largest absolute Gasteiger partial charge is 0.493 e. The van der Waals surface area contributed by atoms with Gasteiger partial charge in [0, 0.05) is 17.0 Å². The molecule has 0 amide bonds. The third kappa shape index (κ3) is 3.96. The third-order valence-corrected chi connectivity index (χ3v) is 4.64. The van der Waals surface area contributed by atoms with Crippen LogP contribution in [0.1, 0.15) is 17.0 Å².